The Bertz CT molecular complexity index is 817. The molecule has 1 unspecified atom stereocenters. The first-order valence-corrected chi connectivity index (χ1v) is 10.4. The topological polar surface area (TPSA) is 85.2 Å². The summed E-state index contributed by atoms with van der Waals surface area (Å²) < 4.78 is 15.9. The molecule has 0 spiro atoms. The van der Waals surface area contributed by atoms with Gasteiger partial charge in [0.15, 0.2) is 28.8 Å². The molecule has 0 bridgehead atoms. The molecule has 0 saturated carbocycles. The van der Waals surface area contributed by atoms with Gasteiger partial charge in [-0.2, -0.15) is 0 Å². The molecule has 0 radical (unpaired) electrons. The lowest BCUT2D eigenvalue weighted by molar-refractivity contribution is 0.0978. The average Bonchev–Trinajstić information content (AvgIpc) is 2.76. The number of carbonyl (C=O) groups excluding carboxylic acids is 1. The van der Waals surface area contributed by atoms with Crippen LogP contribution >= 0.6 is 0 Å². The van der Waals surface area contributed by atoms with E-state index in [-0.39, 0.29) is 11.5 Å². The van der Waals surface area contributed by atoms with E-state index in [9.17, 15) is 15.0 Å². The fraction of sp³-hybridized carbons (Fsp3) is 0.458. The van der Waals surface area contributed by atoms with E-state index < -0.39 is 6.10 Å². The normalized spacial score (nSPS) is 11.7. The van der Waals surface area contributed by atoms with Gasteiger partial charge in [-0.05, 0) is 55.7 Å². The van der Waals surface area contributed by atoms with Gasteiger partial charge in [0.05, 0.1) is 26.9 Å². The Hall–Kier alpha value is -2.73. The number of phenols is 1. The van der Waals surface area contributed by atoms with Crippen LogP contribution in [0.2, 0.25) is 0 Å². The van der Waals surface area contributed by atoms with Gasteiger partial charge in [-0.3, -0.25) is 4.79 Å². The second-order valence-corrected chi connectivity index (χ2v) is 7.12. The molecular weight excluding hydrogens is 384 g/mol. The third-order valence-electron chi connectivity index (χ3n) is 5.01. The number of benzene rings is 2. The zero-order chi connectivity index (χ0) is 21.9. The van der Waals surface area contributed by atoms with Crippen molar-refractivity contribution in [3.8, 4) is 23.0 Å². The number of methoxy groups -OCH3 is 2. The van der Waals surface area contributed by atoms with Crippen LogP contribution in [-0.4, -0.2) is 36.8 Å². The summed E-state index contributed by atoms with van der Waals surface area (Å²) in [5.41, 5.74) is 1.36. The smallest absolute Gasteiger partial charge is 0.163 e. The SMILES string of the molecule is CCOc1ccc(C(=O)CCCCCCC(O)c2ccc(O)c(OC)c2)cc1OC. The summed E-state index contributed by atoms with van der Waals surface area (Å²) in [6, 6.07) is 10.2. The summed E-state index contributed by atoms with van der Waals surface area (Å²) in [4.78, 5) is 12.4. The Morgan fingerprint density at radius 1 is 0.933 bits per heavy atom. The first kappa shape index (κ1) is 23.5. The van der Waals surface area contributed by atoms with Crippen molar-refractivity contribution in [1.82, 2.24) is 0 Å². The van der Waals surface area contributed by atoms with Gasteiger partial charge >= 0.3 is 0 Å². The number of unbranched alkanes of at least 4 members (excludes halogenated alkanes) is 3. The van der Waals surface area contributed by atoms with Gasteiger partial charge in [-0.15, -0.1) is 0 Å². The van der Waals surface area contributed by atoms with Crippen molar-refractivity contribution in [1.29, 1.82) is 0 Å². The van der Waals surface area contributed by atoms with E-state index in [0.29, 0.717) is 42.3 Å². The standard InChI is InChI=1S/C24H32O6/c1-4-30-22-14-12-18(16-24(22)29-3)20(26)10-8-6-5-7-9-19(25)17-11-13-21(27)23(15-17)28-2/h11-16,19,25,27H,4-10H2,1-3H3. The molecule has 0 aromatic heterocycles. The van der Waals surface area contributed by atoms with E-state index in [1.807, 2.05) is 6.92 Å². The molecule has 2 rings (SSSR count). The zero-order valence-corrected chi connectivity index (χ0v) is 18.0. The number of ketones is 1. The lowest BCUT2D eigenvalue weighted by Crippen LogP contribution is -2.02. The van der Waals surface area contributed by atoms with Gasteiger partial charge in [0.1, 0.15) is 0 Å². The first-order chi connectivity index (χ1) is 14.5. The fourth-order valence-corrected chi connectivity index (χ4v) is 3.31. The third kappa shape index (κ3) is 6.66. The van der Waals surface area contributed by atoms with Crippen molar-refractivity contribution in [3.05, 3.63) is 47.5 Å². The number of aliphatic hydroxyl groups excluding tert-OH is 1. The molecule has 2 aromatic rings. The van der Waals surface area contributed by atoms with E-state index in [4.69, 9.17) is 14.2 Å². The number of hydrogen-bond donors (Lipinski definition) is 2. The molecule has 0 heterocycles. The lowest BCUT2D eigenvalue weighted by atomic mass is 10.0. The second kappa shape index (κ2) is 12.1. The van der Waals surface area contributed by atoms with Crippen LogP contribution in [-0.2, 0) is 0 Å². The third-order valence-corrected chi connectivity index (χ3v) is 5.01. The monoisotopic (exact) mass is 416 g/mol. The highest BCUT2D eigenvalue weighted by Crippen LogP contribution is 2.31. The van der Waals surface area contributed by atoms with Crippen molar-refractivity contribution in [2.75, 3.05) is 20.8 Å². The van der Waals surface area contributed by atoms with Gasteiger partial charge in [-0.25, -0.2) is 0 Å². The summed E-state index contributed by atoms with van der Waals surface area (Å²) in [5, 5.41) is 20.0. The van der Waals surface area contributed by atoms with Gasteiger partial charge in [0, 0.05) is 12.0 Å². The minimum Gasteiger partial charge on any atom is -0.504 e. The van der Waals surface area contributed by atoms with E-state index in [1.54, 1.807) is 37.4 Å². The molecule has 6 heteroatoms. The van der Waals surface area contributed by atoms with Crippen LogP contribution in [0.25, 0.3) is 0 Å². The van der Waals surface area contributed by atoms with Crippen molar-refractivity contribution in [3.63, 3.8) is 0 Å². The molecule has 0 fully saturated rings. The largest absolute Gasteiger partial charge is 0.504 e. The lowest BCUT2D eigenvalue weighted by Gasteiger charge is -2.13. The highest BCUT2D eigenvalue weighted by molar-refractivity contribution is 5.96. The first-order valence-electron chi connectivity index (χ1n) is 10.4. The van der Waals surface area contributed by atoms with Gasteiger partial charge < -0.3 is 24.4 Å². The number of ether oxygens (including phenoxy) is 3. The van der Waals surface area contributed by atoms with E-state index in [1.165, 1.54) is 13.2 Å². The summed E-state index contributed by atoms with van der Waals surface area (Å²) in [6.45, 7) is 2.44. The molecular formula is C24H32O6. The van der Waals surface area contributed by atoms with Crippen molar-refractivity contribution >= 4 is 5.78 Å². The molecule has 6 nitrogen and oxygen atoms in total. The number of phenolic OH excluding ortho intramolecular Hbond substituents is 1. The van der Waals surface area contributed by atoms with E-state index in [0.717, 1.165) is 31.2 Å². The number of aromatic hydroxyl groups is 1. The molecule has 2 N–H and O–H groups in total. The van der Waals surface area contributed by atoms with Crippen LogP contribution < -0.4 is 14.2 Å². The molecule has 2 aromatic carbocycles. The molecule has 164 valence electrons. The van der Waals surface area contributed by atoms with Crippen LogP contribution in [0.5, 0.6) is 23.0 Å². The Balaban J connectivity index is 1.72. The van der Waals surface area contributed by atoms with Crippen molar-refractivity contribution in [2.24, 2.45) is 0 Å². The van der Waals surface area contributed by atoms with Crippen LogP contribution in [0.1, 0.15) is 67.5 Å². The predicted octanol–water partition coefficient (Wildman–Crippen LogP) is 5.07. The maximum absolute atomic E-state index is 12.4. The van der Waals surface area contributed by atoms with Crippen molar-refractivity contribution < 1.29 is 29.2 Å². The maximum atomic E-state index is 12.4. The van der Waals surface area contributed by atoms with Crippen LogP contribution in [0.3, 0.4) is 0 Å². The number of aliphatic hydroxyl groups is 1. The number of hydrogen-bond acceptors (Lipinski definition) is 6. The average molecular weight is 417 g/mol. The van der Waals surface area contributed by atoms with Gasteiger partial charge in [0.2, 0.25) is 0 Å². The molecule has 0 aliphatic heterocycles. The van der Waals surface area contributed by atoms with Gasteiger partial charge in [0.25, 0.3) is 0 Å². The maximum Gasteiger partial charge on any atom is 0.163 e. The number of carbonyl (C=O) groups is 1. The van der Waals surface area contributed by atoms with Crippen LogP contribution in [0.4, 0.5) is 0 Å². The van der Waals surface area contributed by atoms with Crippen molar-refractivity contribution in [2.45, 2.75) is 51.6 Å². The minimum absolute atomic E-state index is 0.0586. The fourth-order valence-electron chi connectivity index (χ4n) is 3.31. The Morgan fingerprint density at radius 3 is 2.37 bits per heavy atom. The molecule has 0 amide bonds. The summed E-state index contributed by atoms with van der Waals surface area (Å²) >= 11 is 0. The van der Waals surface area contributed by atoms with E-state index in [2.05, 4.69) is 0 Å². The number of rotatable bonds is 13. The highest BCUT2D eigenvalue weighted by Gasteiger charge is 2.12. The van der Waals surface area contributed by atoms with Gasteiger partial charge in [-0.1, -0.05) is 25.3 Å². The molecule has 30 heavy (non-hydrogen) atoms. The molecule has 1 atom stereocenters. The minimum atomic E-state index is -0.600. The Morgan fingerprint density at radius 2 is 1.67 bits per heavy atom. The van der Waals surface area contributed by atoms with Crippen LogP contribution in [0, 0.1) is 0 Å². The summed E-state index contributed by atoms with van der Waals surface area (Å²) in [5.74, 6) is 1.72. The molecule has 0 saturated heterocycles. The van der Waals surface area contributed by atoms with E-state index >= 15 is 0 Å². The number of Topliss-reactive ketones (excluding diaryl/α,β-unsaturated/α-hetero) is 1. The molecule has 0 aliphatic rings. The quantitative estimate of drug-likeness (QED) is 0.350. The Labute approximate surface area is 178 Å². The predicted molar refractivity (Wildman–Crippen MR) is 116 cm³/mol. The molecule has 0 aliphatic carbocycles. The summed E-state index contributed by atoms with van der Waals surface area (Å²) in [6.07, 6.45) is 4.02. The highest BCUT2D eigenvalue weighted by atomic mass is 16.5. The summed E-state index contributed by atoms with van der Waals surface area (Å²) in [7, 11) is 3.05. The zero-order valence-electron chi connectivity index (χ0n) is 18.0. The van der Waals surface area contributed by atoms with Crippen LogP contribution in [0.15, 0.2) is 36.4 Å². The Kier molecular flexibility index (Phi) is 9.48. The second-order valence-electron chi connectivity index (χ2n) is 7.12.